The molecule has 0 aliphatic carbocycles. The number of hydrogen-bond acceptors (Lipinski definition) is 5. The molecule has 0 saturated carbocycles. The van der Waals surface area contributed by atoms with Crippen molar-refractivity contribution in [3.63, 3.8) is 0 Å². The summed E-state index contributed by atoms with van der Waals surface area (Å²) in [5.74, 6) is -4.30. The molecule has 2 rings (SSSR count). The first-order chi connectivity index (χ1) is 12.6. The van der Waals surface area contributed by atoms with Crippen LogP contribution in [-0.2, 0) is 10.1 Å². The highest BCUT2D eigenvalue weighted by Crippen LogP contribution is 2.29. The van der Waals surface area contributed by atoms with Crippen LogP contribution in [-0.4, -0.2) is 42.4 Å². The number of carboxylic acid groups (broad SMARTS) is 1. The molecule has 27 heavy (non-hydrogen) atoms. The van der Waals surface area contributed by atoms with Crippen molar-refractivity contribution < 1.29 is 41.2 Å². The number of nitrogens with one attached hydrogen (secondary N) is 1. The Kier molecular flexibility index (Phi) is 6.08. The molecule has 0 aliphatic heterocycles. The molecular weight excluding hydrogens is 388 g/mol. The smallest absolute Gasteiger partial charge is 0.412 e. The fourth-order valence-corrected chi connectivity index (χ4v) is 2.46. The van der Waals surface area contributed by atoms with E-state index in [4.69, 9.17) is 9.29 Å². The van der Waals surface area contributed by atoms with E-state index in [9.17, 15) is 31.9 Å². The molecule has 11 heteroatoms. The Hall–Kier alpha value is -3.05. The fourth-order valence-electron chi connectivity index (χ4n) is 2.10. The number of amides is 1. The van der Waals surface area contributed by atoms with Gasteiger partial charge in [0, 0.05) is 18.2 Å². The lowest BCUT2D eigenvalue weighted by Gasteiger charge is -2.11. The number of aromatic carboxylic acids is 1. The van der Waals surface area contributed by atoms with Crippen LogP contribution in [0.4, 0.5) is 13.6 Å². The molecule has 144 valence electrons. The highest BCUT2D eigenvalue weighted by Gasteiger charge is 2.18. The molecule has 0 heterocycles. The van der Waals surface area contributed by atoms with E-state index in [1.54, 1.807) is 0 Å². The van der Waals surface area contributed by atoms with Crippen molar-refractivity contribution in [1.29, 1.82) is 0 Å². The van der Waals surface area contributed by atoms with Crippen LogP contribution in [0.5, 0.6) is 5.75 Å². The minimum absolute atomic E-state index is 0.0527. The van der Waals surface area contributed by atoms with Gasteiger partial charge in [0.1, 0.15) is 22.9 Å². The van der Waals surface area contributed by atoms with Crippen LogP contribution in [0.25, 0.3) is 11.1 Å². The van der Waals surface area contributed by atoms with Gasteiger partial charge in [-0.2, -0.15) is 8.42 Å². The fraction of sp³-hybridized carbons (Fsp3) is 0.125. The van der Waals surface area contributed by atoms with Crippen molar-refractivity contribution >= 4 is 22.2 Å². The normalized spacial score (nSPS) is 11.1. The molecule has 2 aromatic carbocycles. The van der Waals surface area contributed by atoms with Gasteiger partial charge in [-0.3, -0.25) is 4.55 Å². The second-order valence-electron chi connectivity index (χ2n) is 5.24. The van der Waals surface area contributed by atoms with Crippen LogP contribution in [0.1, 0.15) is 10.4 Å². The lowest BCUT2D eigenvalue weighted by atomic mass is 10.0. The molecule has 0 bridgehead atoms. The van der Waals surface area contributed by atoms with E-state index in [0.717, 1.165) is 24.3 Å². The average Bonchev–Trinajstić information content (AvgIpc) is 2.54. The van der Waals surface area contributed by atoms with Crippen molar-refractivity contribution in [2.45, 2.75) is 0 Å². The summed E-state index contributed by atoms with van der Waals surface area (Å²) in [6.07, 6.45) is -1.15. The van der Waals surface area contributed by atoms with E-state index in [-0.39, 0.29) is 16.9 Å². The van der Waals surface area contributed by atoms with Gasteiger partial charge in [0.15, 0.2) is 0 Å². The van der Waals surface area contributed by atoms with E-state index in [1.807, 2.05) is 5.32 Å². The number of ether oxygens (including phenoxy) is 1. The largest absolute Gasteiger partial charge is 0.478 e. The first kappa shape index (κ1) is 20.3. The molecule has 0 aromatic heterocycles. The number of rotatable bonds is 6. The Bertz CT molecular complexity index is 992. The second kappa shape index (κ2) is 8.10. The third kappa shape index (κ3) is 5.72. The van der Waals surface area contributed by atoms with Gasteiger partial charge in [0.25, 0.3) is 10.1 Å². The zero-order valence-electron chi connectivity index (χ0n) is 13.5. The van der Waals surface area contributed by atoms with Gasteiger partial charge in [-0.1, -0.05) is 6.07 Å². The molecule has 0 atom stereocenters. The summed E-state index contributed by atoms with van der Waals surface area (Å²) >= 11 is 0. The van der Waals surface area contributed by atoms with Crippen molar-refractivity contribution in [2.75, 3.05) is 12.3 Å². The van der Waals surface area contributed by atoms with Crippen LogP contribution in [0.15, 0.2) is 36.4 Å². The lowest BCUT2D eigenvalue weighted by molar-refractivity contribution is 0.0694. The van der Waals surface area contributed by atoms with Gasteiger partial charge >= 0.3 is 12.1 Å². The zero-order valence-corrected chi connectivity index (χ0v) is 14.3. The molecule has 0 radical (unpaired) electrons. The summed E-state index contributed by atoms with van der Waals surface area (Å²) < 4.78 is 61.4. The van der Waals surface area contributed by atoms with E-state index in [0.29, 0.717) is 6.07 Å². The number of hydrogen-bond donors (Lipinski definition) is 3. The predicted molar refractivity (Wildman–Crippen MR) is 89.2 cm³/mol. The Labute approximate surface area is 152 Å². The van der Waals surface area contributed by atoms with Crippen LogP contribution in [0.2, 0.25) is 0 Å². The summed E-state index contributed by atoms with van der Waals surface area (Å²) in [6, 6.07) is 6.19. The second-order valence-corrected chi connectivity index (χ2v) is 6.81. The van der Waals surface area contributed by atoms with E-state index in [2.05, 4.69) is 0 Å². The lowest BCUT2D eigenvalue weighted by Crippen LogP contribution is -2.31. The van der Waals surface area contributed by atoms with Gasteiger partial charge in [-0.15, -0.1) is 0 Å². The molecule has 8 nitrogen and oxygen atoms in total. The van der Waals surface area contributed by atoms with Crippen LogP contribution in [0, 0.1) is 11.6 Å². The summed E-state index contributed by atoms with van der Waals surface area (Å²) in [5, 5.41) is 11.3. The monoisotopic (exact) mass is 401 g/mol. The van der Waals surface area contributed by atoms with E-state index < -0.39 is 51.7 Å². The molecule has 2 aromatic rings. The molecule has 0 saturated heterocycles. The number of halogens is 2. The van der Waals surface area contributed by atoms with Gasteiger partial charge in [0.05, 0.1) is 5.75 Å². The summed E-state index contributed by atoms with van der Waals surface area (Å²) in [5.41, 5.74) is -0.409. The van der Waals surface area contributed by atoms with E-state index >= 15 is 0 Å². The molecule has 0 fully saturated rings. The van der Waals surface area contributed by atoms with Crippen LogP contribution in [0.3, 0.4) is 0 Å². The standard InChI is InChI=1S/C16H13F2NO7S/c17-10-2-3-11(13(18)8-10)9-1-4-14(12(7-9)15(20)21)26-16(22)19-5-6-27(23,24)25/h1-4,7-8H,5-6H2,(H,19,22)(H,20,21)(H,23,24,25). The highest BCUT2D eigenvalue weighted by atomic mass is 32.2. The zero-order chi connectivity index (χ0) is 20.2. The minimum Gasteiger partial charge on any atom is -0.478 e. The third-order valence-electron chi connectivity index (χ3n) is 3.28. The first-order valence-electron chi connectivity index (χ1n) is 7.30. The Morgan fingerprint density at radius 2 is 1.81 bits per heavy atom. The maximum absolute atomic E-state index is 13.9. The van der Waals surface area contributed by atoms with Crippen molar-refractivity contribution in [1.82, 2.24) is 5.32 Å². The molecule has 0 aliphatic rings. The maximum Gasteiger partial charge on any atom is 0.412 e. The van der Waals surface area contributed by atoms with Crippen molar-refractivity contribution in [3.8, 4) is 16.9 Å². The molecule has 1 amide bonds. The van der Waals surface area contributed by atoms with Crippen LogP contribution >= 0.6 is 0 Å². The van der Waals surface area contributed by atoms with Crippen molar-refractivity contribution in [2.24, 2.45) is 0 Å². The number of carbonyl (C=O) groups excluding carboxylic acids is 1. The molecular formula is C16H13F2NO7S. The first-order valence-corrected chi connectivity index (χ1v) is 8.91. The molecule has 0 spiro atoms. The quantitative estimate of drug-likeness (QED) is 0.633. The van der Waals surface area contributed by atoms with Gasteiger partial charge in [-0.25, -0.2) is 18.4 Å². The Morgan fingerprint density at radius 3 is 2.41 bits per heavy atom. The van der Waals surface area contributed by atoms with Crippen LogP contribution < -0.4 is 10.1 Å². The number of benzene rings is 2. The predicted octanol–water partition coefficient (Wildman–Crippen LogP) is 2.31. The number of carbonyl (C=O) groups is 2. The maximum atomic E-state index is 13.9. The van der Waals surface area contributed by atoms with Crippen molar-refractivity contribution in [3.05, 3.63) is 53.6 Å². The minimum atomic E-state index is -4.28. The summed E-state index contributed by atoms with van der Waals surface area (Å²) in [4.78, 5) is 23.0. The summed E-state index contributed by atoms with van der Waals surface area (Å²) in [7, 11) is -4.28. The average molecular weight is 401 g/mol. The van der Waals surface area contributed by atoms with Gasteiger partial charge in [0.2, 0.25) is 0 Å². The van der Waals surface area contributed by atoms with Gasteiger partial charge < -0.3 is 15.2 Å². The van der Waals surface area contributed by atoms with E-state index in [1.165, 1.54) is 6.07 Å². The number of carboxylic acids is 1. The third-order valence-corrected chi connectivity index (χ3v) is 4.00. The molecule has 3 N–H and O–H groups in total. The Balaban J connectivity index is 2.23. The molecule has 0 unspecified atom stereocenters. The topological polar surface area (TPSA) is 130 Å². The Morgan fingerprint density at radius 1 is 1.11 bits per heavy atom. The SMILES string of the molecule is O=C(NCCS(=O)(=O)O)Oc1ccc(-c2ccc(F)cc2F)cc1C(=O)O. The summed E-state index contributed by atoms with van der Waals surface area (Å²) in [6.45, 7) is -0.459. The highest BCUT2D eigenvalue weighted by molar-refractivity contribution is 7.85. The van der Waals surface area contributed by atoms with Gasteiger partial charge in [-0.05, 0) is 29.8 Å².